The van der Waals surface area contributed by atoms with Gasteiger partial charge in [-0.2, -0.15) is 0 Å². The van der Waals surface area contributed by atoms with E-state index < -0.39 is 22.9 Å². The number of hydrogen-bond acceptors (Lipinski definition) is 5. The number of rotatable bonds is 4. The molecule has 8 heteroatoms. The third-order valence-electron chi connectivity index (χ3n) is 3.13. The largest absolute Gasteiger partial charge is 0.481 e. The average Bonchev–Trinajstić information content (AvgIpc) is 2.79. The monoisotopic (exact) mass is 309 g/mol. The van der Waals surface area contributed by atoms with E-state index in [0.29, 0.717) is 10.7 Å². The molecule has 2 heterocycles. The Balaban J connectivity index is 2.28. The maximum absolute atomic E-state index is 12.3. The van der Waals surface area contributed by atoms with Crippen molar-refractivity contribution in [3.05, 3.63) is 33.2 Å². The fourth-order valence-electron chi connectivity index (χ4n) is 1.65. The Morgan fingerprint density at radius 1 is 1.48 bits per heavy atom. The number of carbonyl (C=O) groups is 2. The summed E-state index contributed by atoms with van der Waals surface area (Å²) in [7, 11) is 0. The molecule has 0 radical (unpaired) electrons. The summed E-state index contributed by atoms with van der Waals surface area (Å²) in [5.74, 6) is -1.65. The zero-order valence-electron chi connectivity index (χ0n) is 11.8. The van der Waals surface area contributed by atoms with E-state index in [9.17, 15) is 14.4 Å². The van der Waals surface area contributed by atoms with Crippen LogP contribution in [0.15, 0.2) is 16.4 Å². The van der Waals surface area contributed by atoms with Gasteiger partial charge in [0.05, 0.1) is 5.41 Å². The Hall–Kier alpha value is -2.22. The molecular weight excluding hydrogens is 294 g/mol. The van der Waals surface area contributed by atoms with Crippen LogP contribution in [0.4, 0.5) is 0 Å². The summed E-state index contributed by atoms with van der Waals surface area (Å²) < 4.78 is 1.36. The Labute approximate surface area is 124 Å². The summed E-state index contributed by atoms with van der Waals surface area (Å²) in [6, 6.07) is 0. The van der Waals surface area contributed by atoms with Crippen LogP contribution in [0.5, 0.6) is 0 Å². The van der Waals surface area contributed by atoms with Gasteiger partial charge in [-0.25, -0.2) is 4.98 Å². The van der Waals surface area contributed by atoms with Gasteiger partial charge in [-0.1, -0.05) is 0 Å². The molecule has 21 heavy (non-hydrogen) atoms. The lowest BCUT2D eigenvalue weighted by atomic mass is 9.94. The van der Waals surface area contributed by atoms with E-state index in [2.05, 4.69) is 10.3 Å². The van der Waals surface area contributed by atoms with E-state index in [1.807, 2.05) is 0 Å². The van der Waals surface area contributed by atoms with Crippen molar-refractivity contribution in [2.24, 2.45) is 5.41 Å². The van der Waals surface area contributed by atoms with E-state index in [-0.39, 0.29) is 12.1 Å². The Kier molecular flexibility index (Phi) is 3.82. The van der Waals surface area contributed by atoms with Crippen LogP contribution in [0, 0.1) is 12.3 Å². The Morgan fingerprint density at radius 3 is 2.76 bits per heavy atom. The van der Waals surface area contributed by atoms with Gasteiger partial charge in [0, 0.05) is 23.8 Å². The number of carboxylic acid groups (broad SMARTS) is 1. The topological polar surface area (TPSA) is 101 Å². The molecular formula is C13H15N3O4S. The van der Waals surface area contributed by atoms with Crippen molar-refractivity contribution < 1.29 is 14.7 Å². The summed E-state index contributed by atoms with van der Waals surface area (Å²) in [6.07, 6.45) is 1.22. The molecule has 0 bridgehead atoms. The molecule has 112 valence electrons. The highest BCUT2D eigenvalue weighted by atomic mass is 32.1. The number of hydrogen-bond donors (Lipinski definition) is 2. The molecule has 2 aromatic heterocycles. The van der Waals surface area contributed by atoms with E-state index in [1.165, 1.54) is 35.8 Å². The predicted molar refractivity (Wildman–Crippen MR) is 77.8 cm³/mol. The normalized spacial score (nSPS) is 11.6. The number of nitrogens with one attached hydrogen (secondary N) is 1. The zero-order valence-corrected chi connectivity index (χ0v) is 12.7. The van der Waals surface area contributed by atoms with Crippen LogP contribution in [0.25, 0.3) is 4.96 Å². The molecule has 0 aliphatic rings. The van der Waals surface area contributed by atoms with Crippen LogP contribution in [0.3, 0.4) is 0 Å². The lowest BCUT2D eigenvalue weighted by Crippen LogP contribution is -2.40. The molecule has 0 spiro atoms. The summed E-state index contributed by atoms with van der Waals surface area (Å²) in [4.78, 5) is 39.9. The van der Waals surface area contributed by atoms with Crippen molar-refractivity contribution in [2.45, 2.75) is 20.8 Å². The molecule has 0 saturated carbocycles. The van der Waals surface area contributed by atoms with Crippen LogP contribution in [-0.2, 0) is 4.79 Å². The summed E-state index contributed by atoms with van der Waals surface area (Å²) in [5, 5.41) is 13.2. The summed E-state index contributed by atoms with van der Waals surface area (Å²) >= 11 is 1.31. The van der Waals surface area contributed by atoms with Crippen molar-refractivity contribution in [1.82, 2.24) is 14.7 Å². The van der Waals surface area contributed by atoms with Gasteiger partial charge in [0.15, 0.2) is 4.96 Å². The van der Waals surface area contributed by atoms with Crippen molar-refractivity contribution in [1.29, 1.82) is 0 Å². The molecule has 0 atom stereocenters. The van der Waals surface area contributed by atoms with Crippen molar-refractivity contribution in [3.63, 3.8) is 0 Å². The summed E-state index contributed by atoms with van der Waals surface area (Å²) in [6.45, 7) is 4.66. The number of fused-ring (bicyclic) bond motifs is 1. The van der Waals surface area contributed by atoms with Crippen LogP contribution in [0.2, 0.25) is 0 Å². The molecule has 0 aliphatic carbocycles. The fraction of sp³-hybridized carbons (Fsp3) is 0.385. The van der Waals surface area contributed by atoms with Crippen LogP contribution < -0.4 is 10.9 Å². The number of thiazole rings is 1. The molecule has 2 N–H and O–H groups in total. The SMILES string of the molecule is Cc1csc2ncc(C(=O)NCC(C)(C)C(=O)O)c(=O)n12. The molecule has 0 fully saturated rings. The average molecular weight is 309 g/mol. The number of carboxylic acids is 1. The lowest BCUT2D eigenvalue weighted by Gasteiger charge is -2.19. The highest BCUT2D eigenvalue weighted by Gasteiger charge is 2.28. The minimum absolute atomic E-state index is 0.0775. The van der Waals surface area contributed by atoms with Crippen LogP contribution >= 0.6 is 11.3 Å². The number of nitrogens with zero attached hydrogens (tertiary/aromatic N) is 2. The zero-order chi connectivity index (χ0) is 15.8. The molecule has 2 rings (SSSR count). The van der Waals surface area contributed by atoms with E-state index in [0.717, 1.165) is 0 Å². The molecule has 1 amide bonds. The fourth-order valence-corrected chi connectivity index (χ4v) is 2.48. The second-order valence-corrected chi connectivity index (χ2v) is 6.18. The Bertz CT molecular complexity index is 775. The minimum Gasteiger partial charge on any atom is -0.481 e. The van der Waals surface area contributed by atoms with Crippen LogP contribution in [0.1, 0.15) is 29.9 Å². The first-order valence-electron chi connectivity index (χ1n) is 6.21. The van der Waals surface area contributed by atoms with Crippen molar-refractivity contribution >= 4 is 28.2 Å². The maximum Gasteiger partial charge on any atom is 0.310 e. The van der Waals surface area contributed by atoms with Crippen molar-refractivity contribution in [2.75, 3.05) is 6.54 Å². The van der Waals surface area contributed by atoms with Crippen LogP contribution in [-0.4, -0.2) is 32.9 Å². The molecule has 0 saturated heterocycles. The van der Waals surface area contributed by atoms with E-state index in [4.69, 9.17) is 5.11 Å². The molecule has 0 aliphatic heterocycles. The Morgan fingerprint density at radius 2 is 2.14 bits per heavy atom. The standard InChI is InChI=1S/C13H15N3O4S/c1-7-5-21-12-14-4-8(10(18)16(7)12)9(17)15-6-13(2,3)11(19)20/h4-5H,6H2,1-3H3,(H,15,17)(H,19,20). The second kappa shape index (κ2) is 5.28. The van der Waals surface area contributed by atoms with Gasteiger partial charge in [0.1, 0.15) is 5.56 Å². The first kappa shape index (κ1) is 15.2. The van der Waals surface area contributed by atoms with E-state index >= 15 is 0 Å². The molecule has 7 nitrogen and oxygen atoms in total. The highest BCUT2D eigenvalue weighted by molar-refractivity contribution is 7.15. The van der Waals surface area contributed by atoms with Gasteiger partial charge in [-0.15, -0.1) is 11.3 Å². The quantitative estimate of drug-likeness (QED) is 0.874. The molecule has 0 unspecified atom stereocenters. The maximum atomic E-state index is 12.3. The predicted octanol–water partition coefficient (Wildman–Crippen LogP) is 0.905. The van der Waals surface area contributed by atoms with Gasteiger partial charge in [-0.3, -0.25) is 18.8 Å². The number of aryl methyl sites for hydroxylation is 1. The van der Waals surface area contributed by atoms with E-state index in [1.54, 1.807) is 12.3 Å². The first-order valence-corrected chi connectivity index (χ1v) is 7.09. The molecule has 2 aromatic rings. The molecule has 0 aromatic carbocycles. The van der Waals surface area contributed by atoms with Gasteiger partial charge in [0.2, 0.25) is 0 Å². The third kappa shape index (κ3) is 2.80. The smallest absolute Gasteiger partial charge is 0.310 e. The van der Waals surface area contributed by atoms with Gasteiger partial charge in [0.25, 0.3) is 11.5 Å². The van der Waals surface area contributed by atoms with Gasteiger partial charge < -0.3 is 10.4 Å². The summed E-state index contributed by atoms with van der Waals surface area (Å²) in [5.41, 5.74) is -0.964. The number of aromatic nitrogens is 2. The van der Waals surface area contributed by atoms with Gasteiger partial charge in [-0.05, 0) is 20.8 Å². The van der Waals surface area contributed by atoms with Crippen molar-refractivity contribution in [3.8, 4) is 0 Å². The number of amides is 1. The number of carbonyl (C=O) groups excluding carboxylic acids is 1. The second-order valence-electron chi connectivity index (χ2n) is 5.34. The lowest BCUT2D eigenvalue weighted by molar-refractivity contribution is -0.146. The highest BCUT2D eigenvalue weighted by Crippen LogP contribution is 2.14. The minimum atomic E-state index is -1.11. The third-order valence-corrected chi connectivity index (χ3v) is 4.09. The van der Waals surface area contributed by atoms with Gasteiger partial charge >= 0.3 is 5.97 Å². The number of aliphatic carboxylic acids is 1. The first-order chi connectivity index (χ1) is 9.74.